The van der Waals surface area contributed by atoms with Crippen molar-refractivity contribution in [3.05, 3.63) is 24.3 Å². The van der Waals surface area contributed by atoms with Crippen LogP contribution < -0.4 is 5.32 Å². The summed E-state index contributed by atoms with van der Waals surface area (Å²) >= 11 is 0. The molecule has 16 heavy (non-hydrogen) atoms. The van der Waals surface area contributed by atoms with Crippen LogP contribution in [-0.2, 0) is 11.2 Å². The molecular formula is C11H15N3O2. The minimum Gasteiger partial charge on any atom is -0.481 e. The van der Waals surface area contributed by atoms with E-state index in [0.717, 1.165) is 13.0 Å². The third-order valence-corrected chi connectivity index (χ3v) is 3.04. The highest BCUT2D eigenvalue weighted by Crippen LogP contribution is 2.29. The Morgan fingerprint density at radius 2 is 2.25 bits per heavy atom. The van der Waals surface area contributed by atoms with Crippen LogP contribution in [0.2, 0.25) is 0 Å². The number of piperidine rings is 1. The van der Waals surface area contributed by atoms with Crippen molar-refractivity contribution in [3.8, 4) is 0 Å². The summed E-state index contributed by atoms with van der Waals surface area (Å²) in [4.78, 5) is 19.6. The Hall–Kier alpha value is -1.49. The third-order valence-electron chi connectivity index (χ3n) is 3.04. The van der Waals surface area contributed by atoms with E-state index in [4.69, 9.17) is 0 Å². The zero-order chi connectivity index (χ0) is 11.4. The van der Waals surface area contributed by atoms with Gasteiger partial charge in [0.1, 0.15) is 5.82 Å². The van der Waals surface area contributed by atoms with Crippen molar-refractivity contribution in [1.82, 2.24) is 15.3 Å². The Morgan fingerprint density at radius 3 is 2.81 bits per heavy atom. The molecular weight excluding hydrogens is 206 g/mol. The summed E-state index contributed by atoms with van der Waals surface area (Å²) in [6, 6.07) is 1.73. The molecule has 1 atom stereocenters. The lowest BCUT2D eigenvalue weighted by Gasteiger charge is -2.33. The summed E-state index contributed by atoms with van der Waals surface area (Å²) in [5, 5.41) is 12.5. The van der Waals surface area contributed by atoms with Gasteiger partial charge in [-0.3, -0.25) is 4.79 Å². The van der Waals surface area contributed by atoms with Gasteiger partial charge in [0.15, 0.2) is 0 Å². The van der Waals surface area contributed by atoms with Crippen molar-refractivity contribution in [2.45, 2.75) is 19.3 Å². The first-order chi connectivity index (χ1) is 7.73. The van der Waals surface area contributed by atoms with E-state index in [9.17, 15) is 9.90 Å². The van der Waals surface area contributed by atoms with Crippen molar-refractivity contribution < 1.29 is 9.90 Å². The number of hydrogen-bond donors (Lipinski definition) is 2. The van der Waals surface area contributed by atoms with Crippen LogP contribution in [0.15, 0.2) is 18.5 Å². The minimum absolute atomic E-state index is 0.399. The predicted octanol–water partition coefficient (Wildman–Crippen LogP) is 0.474. The molecule has 5 nitrogen and oxygen atoms in total. The zero-order valence-corrected chi connectivity index (χ0v) is 9.02. The predicted molar refractivity (Wildman–Crippen MR) is 57.9 cm³/mol. The number of rotatable bonds is 3. The first-order valence-corrected chi connectivity index (χ1v) is 5.43. The molecule has 0 spiro atoms. The second-order valence-corrected chi connectivity index (χ2v) is 4.21. The van der Waals surface area contributed by atoms with Gasteiger partial charge in [-0.2, -0.15) is 0 Å². The van der Waals surface area contributed by atoms with E-state index in [0.29, 0.717) is 25.2 Å². The van der Waals surface area contributed by atoms with Crippen molar-refractivity contribution >= 4 is 5.97 Å². The molecule has 1 aliphatic rings. The molecule has 0 bridgehead atoms. The molecule has 2 heterocycles. The monoisotopic (exact) mass is 221 g/mol. The Morgan fingerprint density at radius 1 is 1.50 bits per heavy atom. The summed E-state index contributed by atoms with van der Waals surface area (Å²) in [6.07, 6.45) is 5.27. The van der Waals surface area contributed by atoms with Gasteiger partial charge < -0.3 is 10.4 Å². The molecule has 1 fully saturated rings. The Kier molecular flexibility index (Phi) is 3.14. The third kappa shape index (κ3) is 2.19. The van der Waals surface area contributed by atoms with E-state index in [-0.39, 0.29) is 0 Å². The van der Waals surface area contributed by atoms with Crippen LogP contribution in [-0.4, -0.2) is 34.1 Å². The van der Waals surface area contributed by atoms with Crippen LogP contribution in [0.25, 0.3) is 0 Å². The SMILES string of the molecule is O=C(O)C1(Cc2ncccn2)CCCNC1. The molecule has 1 aromatic rings. The maximum Gasteiger partial charge on any atom is 0.311 e. The van der Waals surface area contributed by atoms with Gasteiger partial charge in [0.25, 0.3) is 0 Å². The average molecular weight is 221 g/mol. The molecule has 0 radical (unpaired) electrons. The summed E-state index contributed by atoms with van der Waals surface area (Å²) in [7, 11) is 0. The highest BCUT2D eigenvalue weighted by Gasteiger charge is 2.40. The number of carboxylic acid groups (broad SMARTS) is 1. The number of carbonyl (C=O) groups is 1. The Labute approximate surface area is 93.9 Å². The van der Waals surface area contributed by atoms with Crippen LogP contribution >= 0.6 is 0 Å². The molecule has 86 valence electrons. The number of nitrogens with one attached hydrogen (secondary N) is 1. The summed E-state index contributed by atoms with van der Waals surface area (Å²) in [6.45, 7) is 1.39. The van der Waals surface area contributed by atoms with Gasteiger partial charge in [-0.1, -0.05) is 0 Å². The van der Waals surface area contributed by atoms with Crippen molar-refractivity contribution in [2.75, 3.05) is 13.1 Å². The summed E-state index contributed by atoms with van der Waals surface area (Å²) in [5.41, 5.74) is -0.737. The fraction of sp³-hybridized carbons (Fsp3) is 0.545. The molecule has 1 aliphatic heterocycles. The Bertz CT molecular complexity index is 361. The summed E-state index contributed by atoms with van der Waals surface area (Å²) < 4.78 is 0. The maximum atomic E-state index is 11.4. The number of aliphatic carboxylic acids is 1. The van der Waals surface area contributed by atoms with Crippen LogP contribution in [0.5, 0.6) is 0 Å². The van der Waals surface area contributed by atoms with Crippen LogP contribution in [0.4, 0.5) is 0 Å². The molecule has 0 saturated carbocycles. The van der Waals surface area contributed by atoms with Gasteiger partial charge in [-0.15, -0.1) is 0 Å². The molecule has 5 heteroatoms. The fourth-order valence-corrected chi connectivity index (χ4v) is 2.10. The molecule has 2 rings (SSSR count). The number of carboxylic acids is 1. The van der Waals surface area contributed by atoms with Crippen LogP contribution in [0.1, 0.15) is 18.7 Å². The van der Waals surface area contributed by atoms with E-state index < -0.39 is 11.4 Å². The standard InChI is InChI=1S/C11H15N3O2/c15-10(16)11(3-1-4-12-8-11)7-9-13-5-2-6-14-9/h2,5-6,12H,1,3-4,7-8H2,(H,15,16). The first-order valence-electron chi connectivity index (χ1n) is 5.43. The fourth-order valence-electron chi connectivity index (χ4n) is 2.10. The van der Waals surface area contributed by atoms with Crippen LogP contribution in [0.3, 0.4) is 0 Å². The average Bonchev–Trinajstić information content (AvgIpc) is 2.31. The van der Waals surface area contributed by atoms with Gasteiger partial charge >= 0.3 is 5.97 Å². The molecule has 0 amide bonds. The normalized spacial score (nSPS) is 25.2. The van der Waals surface area contributed by atoms with E-state index in [1.54, 1.807) is 18.5 Å². The molecule has 1 saturated heterocycles. The molecule has 0 aromatic carbocycles. The molecule has 1 unspecified atom stereocenters. The lowest BCUT2D eigenvalue weighted by atomic mass is 9.77. The molecule has 0 aliphatic carbocycles. The number of nitrogens with zero attached hydrogens (tertiary/aromatic N) is 2. The molecule has 1 aromatic heterocycles. The van der Waals surface area contributed by atoms with Crippen LogP contribution in [0, 0.1) is 5.41 Å². The summed E-state index contributed by atoms with van der Waals surface area (Å²) in [5.74, 6) is -0.152. The first kappa shape index (κ1) is 11.0. The lowest BCUT2D eigenvalue weighted by Crippen LogP contribution is -2.47. The van der Waals surface area contributed by atoms with Gasteiger partial charge in [0, 0.05) is 25.4 Å². The number of hydrogen-bond acceptors (Lipinski definition) is 4. The van der Waals surface area contributed by atoms with Gasteiger partial charge in [0.05, 0.1) is 5.41 Å². The van der Waals surface area contributed by atoms with Crippen molar-refractivity contribution in [2.24, 2.45) is 5.41 Å². The van der Waals surface area contributed by atoms with Crippen molar-refractivity contribution in [3.63, 3.8) is 0 Å². The van der Waals surface area contributed by atoms with Gasteiger partial charge in [0.2, 0.25) is 0 Å². The highest BCUT2D eigenvalue weighted by atomic mass is 16.4. The highest BCUT2D eigenvalue weighted by molar-refractivity contribution is 5.75. The second-order valence-electron chi connectivity index (χ2n) is 4.21. The lowest BCUT2D eigenvalue weighted by molar-refractivity contribution is -0.150. The van der Waals surface area contributed by atoms with Crippen molar-refractivity contribution in [1.29, 1.82) is 0 Å². The van der Waals surface area contributed by atoms with E-state index in [1.165, 1.54) is 0 Å². The number of aromatic nitrogens is 2. The minimum atomic E-state index is -0.757. The van der Waals surface area contributed by atoms with E-state index in [1.807, 2.05) is 0 Å². The zero-order valence-electron chi connectivity index (χ0n) is 9.02. The quantitative estimate of drug-likeness (QED) is 0.776. The van der Waals surface area contributed by atoms with Gasteiger partial charge in [-0.05, 0) is 25.5 Å². The Balaban J connectivity index is 2.17. The smallest absolute Gasteiger partial charge is 0.311 e. The maximum absolute atomic E-state index is 11.4. The largest absolute Gasteiger partial charge is 0.481 e. The molecule has 2 N–H and O–H groups in total. The van der Waals surface area contributed by atoms with E-state index >= 15 is 0 Å². The van der Waals surface area contributed by atoms with Gasteiger partial charge in [-0.25, -0.2) is 9.97 Å². The topological polar surface area (TPSA) is 75.1 Å². The second kappa shape index (κ2) is 4.57. The van der Waals surface area contributed by atoms with E-state index in [2.05, 4.69) is 15.3 Å².